The third kappa shape index (κ3) is 2.71. The fourth-order valence-corrected chi connectivity index (χ4v) is 2.39. The van der Waals surface area contributed by atoms with Gasteiger partial charge in [0.2, 0.25) is 0 Å². The van der Waals surface area contributed by atoms with Crippen molar-refractivity contribution in [1.82, 2.24) is 4.90 Å². The Hall–Kier alpha value is -2.09. The second-order valence-electron chi connectivity index (χ2n) is 4.56. The number of alkyl halides is 3. The van der Waals surface area contributed by atoms with E-state index in [4.69, 9.17) is 5.73 Å². The number of hydrogen-bond acceptors (Lipinski definition) is 4. The lowest BCUT2D eigenvalue weighted by Crippen LogP contribution is -2.49. The minimum atomic E-state index is -5.00. The van der Waals surface area contributed by atoms with Crippen molar-refractivity contribution >= 4 is 11.9 Å². The van der Waals surface area contributed by atoms with Gasteiger partial charge >= 0.3 is 18.1 Å². The van der Waals surface area contributed by atoms with E-state index < -0.39 is 24.2 Å². The summed E-state index contributed by atoms with van der Waals surface area (Å²) in [5.74, 6) is -2.72. The predicted octanol–water partition coefficient (Wildman–Crippen LogP) is 1.38. The molecule has 0 aromatic heterocycles. The van der Waals surface area contributed by atoms with Crippen molar-refractivity contribution in [2.45, 2.75) is 18.8 Å². The highest BCUT2D eigenvalue weighted by Gasteiger charge is 2.46. The maximum Gasteiger partial charge on any atom is 0.471 e. The molecule has 8 heteroatoms. The number of methoxy groups -OCH3 is 1. The van der Waals surface area contributed by atoms with E-state index in [1.807, 2.05) is 0 Å². The lowest BCUT2D eigenvalue weighted by atomic mass is 9.92. The van der Waals surface area contributed by atoms with Crippen LogP contribution in [-0.4, -0.2) is 36.6 Å². The second-order valence-corrected chi connectivity index (χ2v) is 4.56. The van der Waals surface area contributed by atoms with Crippen molar-refractivity contribution in [3.05, 3.63) is 34.9 Å². The molecule has 0 fully saturated rings. The molecule has 2 N–H and O–H groups in total. The summed E-state index contributed by atoms with van der Waals surface area (Å²) in [6, 6.07) is 4.67. The van der Waals surface area contributed by atoms with Crippen LogP contribution in [0.1, 0.15) is 27.7 Å². The predicted molar refractivity (Wildman–Crippen MR) is 66.2 cm³/mol. The van der Waals surface area contributed by atoms with Crippen LogP contribution in [0.15, 0.2) is 18.2 Å². The number of ether oxygens (including phenoxy) is 1. The molecule has 2 rings (SSSR count). The molecule has 1 aromatic rings. The van der Waals surface area contributed by atoms with Crippen molar-refractivity contribution in [2.24, 2.45) is 5.73 Å². The summed E-state index contributed by atoms with van der Waals surface area (Å²) in [6.07, 6.45) is -6.15. The van der Waals surface area contributed by atoms with Gasteiger partial charge in [0.05, 0.1) is 12.7 Å². The molecule has 21 heavy (non-hydrogen) atoms. The summed E-state index contributed by atoms with van der Waals surface area (Å²) < 4.78 is 42.3. The molecule has 1 aromatic carbocycles. The lowest BCUT2D eigenvalue weighted by molar-refractivity contribution is -0.188. The molecule has 0 radical (unpaired) electrons. The molecule has 1 heterocycles. The summed E-state index contributed by atoms with van der Waals surface area (Å²) in [6.45, 7) is -0.156. The Morgan fingerprint density at radius 2 is 2.05 bits per heavy atom. The van der Waals surface area contributed by atoms with E-state index in [9.17, 15) is 22.8 Å². The molecule has 5 nitrogen and oxygen atoms in total. The summed E-state index contributed by atoms with van der Waals surface area (Å²) in [5, 5.41) is 0. The molecule has 1 aliphatic heterocycles. The number of carbonyl (C=O) groups excluding carboxylic acids is 2. The number of halogens is 3. The van der Waals surface area contributed by atoms with E-state index >= 15 is 0 Å². The summed E-state index contributed by atoms with van der Waals surface area (Å²) >= 11 is 0. The van der Waals surface area contributed by atoms with Crippen LogP contribution in [0.2, 0.25) is 0 Å². The van der Waals surface area contributed by atoms with Crippen LogP contribution in [-0.2, 0) is 16.0 Å². The van der Waals surface area contributed by atoms with Crippen LogP contribution in [0, 0.1) is 0 Å². The van der Waals surface area contributed by atoms with Gasteiger partial charge in [0.25, 0.3) is 0 Å². The van der Waals surface area contributed by atoms with E-state index in [-0.39, 0.29) is 24.1 Å². The van der Waals surface area contributed by atoms with E-state index in [1.54, 1.807) is 12.1 Å². The van der Waals surface area contributed by atoms with Crippen molar-refractivity contribution in [2.75, 3.05) is 13.7 Å². The highest BCUT2D eigenvalue weighted by molar-refractivity contribution is 5.92. The average molecular weight is 302 g/mol. The number of benzene rings is 1. The molecule has 0 spiro atoms. The number of amides is 1. The summed E-state index contributed by atoms with van der Waals surface area (Å²) in [4.78, 5) is 23.6. The van der Waals surface area contributed by atoms with Gasteiger partial charge in [-0.25, -0.2) is 4.79 Å². The Balaban J connectivity index is 2.45. The molecule has 1 atom stereocenters. The third-order valence-corrected chi connectivity index (χ3v) is 3.36. The van der Waals surface area contributed by atoms with E-state index in [0.29, 0.717) is 10.5 Å². The van der Waals surface area contributed by atoms with Crippen LogP contribution in [0.25, 0.3) is 0 Å². The van der Waals surface area contributed by atoms with Crippen molar-refractivity contribution in [3.63, 3.8) is 0 Å². The number of fused-ring (bicyclic) bond motifs is 1. The van der Waals surface area contributed by atoms with Gasteiger partial charge in [-0.1, -0.05) is 12.1 Å². The van der Waals surface area contributed by atoms with Gasteiger partial charge in [0.15, 0.2) is 0 Å². The van der Waals surface area contributed by atoms with Gasteiger partial charge in [-0.05, 0) is 18.1 Å². The van der Waals surface area contributed by atoms with E-state index in [1.165, 1.54) is 6.07 Å². The fourth-order valence-electron chi connectivity index (χ4n) is 2.39. The Labute approximate surface area is 118 Å². The number of carbonyl (C=O) groups is 2. The molecule has 1 amide bonds. The monoisotopic (exact) mass is 302 g/mol. The number of rotatable bonds is 1. The molecule has 0 aliphatic carbocycles. The molecular weight excluding hydrogens is 289 g/mol. The van der Waals surface area contributed by atoms with Gasteiger partial charge in [0, 0.05) is 12.1 Å². The minimum absolute atomic E-state index is 0.0715. The quantitative estimate of drug-likeness (QED) is 0.795. The van der Waals surface area contributed by atoms with Crippen molar-refractivity contribution in [3.8, 4) is 0 Å². The Morgan fingerprint density at radius 1 is 1.38 bits per heavy atom. The molecular formula is C13H13F3N2O3. The van der Waals surface area contributed by atoms with Crippen LogP contribution < -0.4 is 5.73 Å². The summed E-state index contributed by atoms with van der Waals surface area (Å²) in [5.41, 5.74) is 6.69. The zero-order valence-electron chi connectivity index (χ0n) is 11.1. The average Bonchev–Trinajstić information content (AvgIpc) is 2.44. The van der Waals surface area contributed by atoms with Crippen molar-refractivity contribution < 1.29 is 27.5 Å². The molecule has 1 unspecified atom stereocenters. The summed E-state index contributed by atoms with van der Waals surface area (Å²) in [7, 11) is 1.16. The zero-order valence-corrected chi connectivity index (χ0v) is 11.1. The smallest absolute Gasteiger partial charge is 0.465 e. The Kier molecular flexibility index (Phi) is 3.91. The second kappa shape index (κ2) is 5.36. The SMILES string of the molecule is COC(=O)c1cccc2c1C(N)N(C(=O)C(F)(F)F)CC2. The van der Waals surface area contributed by atoms with Gasteiger partial charge in [0.1, 0.15) is 6.17 Å². The van der Waals surface area contributed by atoms with Gasteiger partial charge in [-0.2, -0.15) is 13.2 Å². The van der Waals surface area contributed by atoms with Gasteiger partial charge in [-0.15, -0.1) is 0 Å². The number of nitrogens with zero attached hydrogens (tertiary/aromatic N) is 1. The Bertz CT molecular complexity index is 587. The highest BCUT2D eigenvalue weighted by Crippen LogP contribution is 2.32. The lowest BCUT2D eigenvalue weighted by Gasteiger charge is -2.36. The topological polar surface area (TPSA) is 72.6 Å². The first-order valence-electron chi connectivity index (χ1n) is 6.11. The van der Waals surface area contributed by atoms with Crippen molar-refractivity contribution in [1.29, 1.82) is 0 Å². The van der Waals surface area contributed by atoms with E-state index in [2.05, 4.69) is 4.74 Å². The first kappa shape index (κ1) is 15.3. The van der Waals surface area contributed by atoms with Crippen LogP contribution in [0.3, 0.4) is 0 Å². The normalized spacial score (nSPS) is 18.1. The van der Waals surface area contributed by atoms with Crippen LogP contribution >= 0.6 is 0 Å². The van der Waals surface area contributed by atoms with Crippen LogP contribution in [0.5, 0.6) is 0 Å². The molecule has 0 bridgehead atoms. The minimum Gasteiger partial charge on any atom is -0.465 e. The standard InChI is InChI=1S/C13H13F3N2O3/c1-21-11(19)8-4-2-3-7-5-6-18(10(17)9(7)8)12(20)13(14,15)16/h2-4,10H,5-6,17H2,1H3. The molecule has 0 saturated heterocycles. The molecule has 0 saturated carbocycles. The molecule has 1 aliphatic rings. The first-order chi connectivity index (χ1) is 9.77. The number of hydrogen-bond donors (Lipinski definition) is 1. The van der Waals surface area contributed by atoms with Gasteiger partial charge in [-0.3, -0.25) is 4.79 Å². The zero-order chi connectivity index (χ0) is 15.8. The third-order valence-electron chi connectivity index (χ3n) is 3.36. The number of nitrogens with two attached hydrogens (primary N) is 1. The fraction of sp³-hybridized carbons (Fsp3) is 0.385. The maximum atomic E-state index is 12.6. The van der Waals surface area contributed by atoms with Crippen LogP contribution in [0.4, 0.5) is 13.2 Å². The Morgan fingerprint density at radius 3 is 2.62 bits per heavy atom. The highest BCUT2D eigenvalue weighted by atomic mass is 19.4. The molecule has 114 valence electrons. The first-order valence-corrected chi connectivity index (χ1v) is 6.11. The largest absolute Gasteiger partial charge is 0.471 e. The van der Waals surface area contributed by atoms with E-state index in [0.717, 1.165) is 7.11 Å². The number of esters is 1. The maximum absolute atomic E-state index is 12.6. The van der Waals surface area contributed by atoms with Gasteiger partial charge < -0.3 is 15.4 Å².